The molecule has 2 atom stereocenters. The Labute approximate surface area is 91.7 Å². The van der Waals surface area contributed by atoms with E-state index in [1.165, 1.54) is 0 Å². The van der Waals surface area contributed by atoms with Crippen LogP contribution in [0.25, 0.3) is 0 Å². The highest BCUT2D eigenvalue weighted by atomic mass is 35.5. The Balaban J connectivity index is 2.17. The van der Waals surface area contributed by atoms with E-state index in [2.05, 4.69) is 24.1 Å². The molecule has 1 heterocycles. The van der Waals surface area contributed by atoms with Gasteiger partial charge in [0.1, 0.15) is 0 Å². The van der Waals surface area contributed by atoms with E-state index in [-0.39, 0.29) is 0 Å². The number of nitrogens with one attached hydrogen (secondary N) is 1. The van der Waals surface area contributed by atoms with Crippen LogP contribution in [-0.4, -0.2) is 55.7 Å². The predicted octanol–water partition coefficient (Wildman–Crippen LogP) is 0.924. The number of hydrogen-bond acceptors (Lipinski definition) is 3. The maximum atomic E-state index is 5.71. The monoisotopic (exact) mass is 220 g/mol. The van der Waals surface area contributed by atoms with Crippen LogP contribution in [0.2, 0.25) is 0 Å². The first-order valence-corrected chi connectivity index (χ1v) is 5.93. The van der Waals surface area contributed by atoms with Crippen molar-refractivity contribution in [3.05, 3.63) is 0 Å². The molecule has 84 valence electrons. The van der Waals surface area contributed by atoms with E-state index in [9.17, 15) is 0 Å². The summed E-state index contributed by atoms with van der Waals surface area (Å²) >= 11 is 5.71. The number of rotatable bonds is 5. The van der Waals surface area contributed by atoms with E-state index in [4.69, 9.17) is 16.3 Å². The third-order valence-corrected chi connectivity index (χ3v) is 3.06. The van der Waals surface area contributed by atoms with Gasteiger partial charge in [-0.25, -0.2) is 0 Å². The van der Waals surface area contributed by atoms with Crippen LogP contribution in [0.3, 0.4) is 0 Å². The lowest BCUT2D eigenvalue weighted by Crippen LogP contribution is -2.47. The van der Waals surface area contributed by atoms with Gasteiger partial charge in [0.2, 0.25) is 0 Å². The summed E-state index contributed by atoms with van der Waals surface area (Å²) in [4.78, 5) is 2.42. The molecule has 0 aliphatic carbocycles. The summed E-state index contributed by atoms with van der Waals surface area (Å²) in [6, 6.07) is 0.372. The summed E-state index contributed by atoms with van der Waals surface area (Å²) in [7, 11) is 0. The zero-order chi connectivity index (χ0) is 10.4. The van der Waals surface area contributed by atoms with E-state index < -0.39 is 0 Å². The van der Waals surface area contributed by atoms with Crippen molar-refractivity contribution in [1.29, 1.82) is 0 Å². The highest BCUT2D eigenvalue weighted by Crippen LogP contribution is 2.03. The first-order chi connectivity index (χ1) is 6.76. The van der Waals surface area contributed by atoms with Crippen LogP contribution in [0.4, 0.5) is 0 Å². The fourth-order valence-corrected chi connectivity index (χ4v) is 1.69. The minimum Gasteiger partial charge on any atom is -0.374 e. The van der Waals surface area contributed by atoms with Crippen LogP contribution in [0.15, 0.2) is 0 Å². The SMILES string of the molecule is CCN1CCOC(CNC(C)CCl)C1. The Morgan fingerprint density at radius 2 is 2.43 bits per heavy atom. The molecular formula is C10H21ClN2O. The Bertz CT molecular complexity index is 157. The predicted molar refractivity (Wildman–Crippen MR) is 60.0 cm³/mol. The zero-order valence-corrected chi connectivity index (χ0v) is 9.89. The van der Waals surface area contributed by atoms with Crippen LogP contribution < -0.4 is 5.32 Å². The van der Waals surface area contributed by atoms with Crippen LogP contribution in [0.1, 0.15) is 13.8 Å². The molecule has 1 N–H and O–H groups in total. The summed E-state index contributed by atoms with van der Waals surface area (Å²) in [5, 5.41) is 3.36. The summed E-state index contributed by atoms with van der Waals surface area (Å²) in [6.45, 7) is 9.27. The third kappa shape index (κ3) is 4.13. The molecule has 1 rings (SSSR count). The van der Waals surface area contributed by atoms with Crippen molar-refractivity contribution in [2.45, 2.75) is 26.0 Å². The normalized spacial score (nSPS) is 26.4. The van der Waals surface area contributed by atoms with Crippen LogP contribution in [0.5, 0.6) is 0 Å². The van der Waals surface area contributed by atoms with E-state index in [0.717, 1.165) is 32.8 Å². The standard InChI is InChI=1S/C10H21ClN2O/c1-3-13-4-5-14-10(8-13)7-12-9(2)6-11/h9-10,12H,3-8H2,1-2H3. The fraction of sp³-hybridized carbons (Fsp3) is 1.00. The van der Waals surface area contributed by atoms with Gasteiger partial charge in [0.25, 0.3) is 0 Å². The largest absolute Gasteiger partial charge is 0.374 e. The van der Waals surface area contributed by atoms with Crippen molar-refractivity contribution in [3.8, 4) is 0 Å². The van der Waals surface area contributed by atoms with Gasteiger partial charge in [-0.3, -0.25) is 4.90 Å². The van der Waals surface area contributed by atoms with E-state index in [0.29, 0.717) is 18.0 Å². The molecule has 0 spiro atoms. The smallest absolute Gasteiger partial charge is 0.0826 e. The molecule has 1 aliphatic heterocycles. The van der Waals surface area contributed by atoms with Gasteiger partial charge in [0.15, 0.2) is 0 Å². The molecule has 0 saturated carbocycles. The molecule has 3 nitrogen and oxygen atoms in total. The quantitative estimate of drug-likeness (QED) is 0.698. The summed E-state index contributed by atoms with van der Waals surface area (Å²) in [5.74, 6) is 0.657. The van der Waals surface area contributed by atoms with Gasteiger partial charge in [-0.2, -0.15) is 0 Å². The molecule has 1 saturated heterocycles. The molecule has 0 aromatic heterocycles. The topological polar surface area (TPSA) is 24.5 Å². The molecule has 0 bridgehead atoms. The number of hydrogen-bond donors (Lipinski definition) is 1. The zero-order valence-electron chi connectivity index (χ0n) is 9.13. The number of nitrogens with zero attached hydrogens (tertiary/aromatic N) is 1. The molecule has 0 aromatic rings. The average Bonchev–Trinajstić information content (AvgIpc) is 2.26. The maximum absolute atomic E-state index is 5.71. The number of alkyl halides is 1. The van der Waals surface area contributed by atoms with Gasteiger partial charge in [-0.1, -0.05) is 6.92 Å². The van der Waals surface area contributed by atoms with Crippen molar-refractivity contribution >= 4 is 11.6 Å². The van der Waals surface area contributed by atoms with Crippen LogP contribution in [0, 0.1) is 0 Å². The minimum atomic E-state index is 0.328. The maximum Gasteiger partial charge on any atom is 0.0826 e. The van der Waals surface area contributed by atoms with Crippen molar-refractivity contribution in [2.75, 3.05) is 38.7 Å². The molecule has 1 aliphatic rings. The second kappa shape index (κ2) is 6.62. The molecular weight excluding hydrogens is 200 g/mol. The Morgan fingerprint density at radius 1 is 1.64 bits per heavy atom. The second-order valence-corrected chi connectivity index (χ2v) is 4.16. The highest BCUT2D eigenvalue weighted by molar-refractivity contribution is 6.18. The van der Waals surface area contributed by atoms with Crippen molar-refractivity contribution in [1.82, 2.24) is 10.2 Å². The molecule has 14 heavy (non-hydrogen) atoms. The van der Waals surface area contributed by atoms with Gasteiger partial charge in [-0.05, 0) is 13.5 Å². The minimum absolute atomic E-state index is 0.328. The summed E-state index contributed by atoms with van der Waals surface area (Å²) in [6.07, 6.45) is 0.328. The van der Waals surface area contributed by atoms with Gasteiger partial charge in [-0.15, -0.1) is 11.6 Å². The molecule has 1 fully saturated rings. The van der Waals surface area contributed by atoms with Crippen molar-refractivity contribution in [3.63, 3.8) is 0 Å². The van der Waals surface area contributed by atoms with E-state index in [1.807, 2.05) is 0 Å². The molecule has 4 heteroatoms. The summed E-state index contributed by atoms with van der Waals surface area (Å²) in [5.41, 5.74) is 0. The lowest BCUT2D eigenvalue weighted by atomic mass is 10.2. The highest BCUT2D eigenvalue weighted by Gasteiger charge is 2.19. The Morgan fingerprint density at radius 3 is 3.07 bits per heavy atom. The number of likely N-dealkylation sites (N-methyl/N-ethyl adjacent to an activating group) is 1. The third-order valence-electron chi connectivity index (χ3n) is 2.60. The fourth-order valence-electron chi connectivity index (χ4n) is 1.58. The Hall–Kier alpha value is 0.170. The van der Waals surface area contributed by atoms with Gasteiger partial charge < -0.3 is 10.1 Å². The van der Waals surface area contributed by atoms with E-state index >= 15 is 0 Å². The van der Waals surface area contributed by atoms with Crippen molar-refractivity contribution < 1.29 is 4.74 Å². The molecule has 2 unspecified atom stereocenters. The number of ether oxygens (including phenoxy) is 1. The molecule has 0 radical (unpaired) electrons. The first kappa shape index (κ1) is 12.2. The number of morpholine rings is 1. The van der Waals surface area contributed by atoms with Crippen molar-refractivity contribution in [2.24, 2.45) is 0 Å². The lowest BCUT2D eigenvalue weighted by molar-refractivity contribution is -0.0259. The summed E-state index contributed by atoms with van der Waals surface area (Å²) < 4.78 is 5.66. The molecule has 0 amide bonds. The van der Waals surface area contributed by atoms with Gasteiger partial charge in [0, 0.05) is 31.6 Å². The van der Waals surface area contributed by atoms with Crippen LogP contribution >= 0.6 is 11.6 Å². The van der Waals surface area contributed by atoms with E-state index in [1.54, 1.807) is 0 Å². The van der Waals surface area contributed by atoms with Gasteiger partial charge in [0.05, 0.1) is 12.7 Å². The van der Waals surface area contributed by atoms with Gasteiger partial charge >= 0.3 is 0 Å². The first-order valence-electron chi connectivity index (χ1n) is 5.39. The van der Waals surface area contributed by atoms with Crippen LogP contribution in [-0.2, 0) is 4.74 Å². The second-order valence-electron chi connectivity index (χ2n) is 3.85. The molecule has 0 aromatic carbocycles. The average molecular weight is 221 g/mol. The Kier molecular flexibility index (Phi) is 5.78. The number of halogens is 1. The lowest BCUT2D eigenvalue weighted by Gasteiger charge is -2.32.